The van der Waals surface area contributed by atoms with Crippen molar-refractivity contribution in [1.29, 1.82) is 5.26 Å². The van der Waals surface area contributed by atoms with Crippen LogP contribution in [-0.4, -0.2) is 26.6 Å². The molecule has 0 bridgehead atoms. The number of benzene rings is 1. The van der Waals surface area contributed by atoms with Crippen molar-refractivity contribution in [3.8, 4) is 23.0 Å². The van der Waals surface area contributed by atoms with Crippen molar-refractivity contribution in [3.63, 3.8) is 0 Å². The molecule has 1 saturated heterocycles. The van der Waals surface area contributed by atoms with E-state index in [0.29, 0.717) is 17.4 Å². The molecule has 6 heteroatoms. The SMILES string of the molecule is N#CB1CC2(C1)CC(c1cc3nnc(-c4ccccc4O)cc3n1C1CCC1)C2. The summed E-state index contributed by atoms with van der Waals surface area (Å²) in [5, 5.41) is 28.3. The molecule has 1 aliphatic heterocycles. The molecule has 6 rings (SSSR count). The van der Waals surface area contributed by atoms with Gasteiger partial charge in [-0.15, -0.1) is 10.2 Å². The Hall–Kier alpha value is -2.81. The quantitative estimate of drug-likeness (QED) is 0.650. The van der Waals surface area contributed by atoms with Crippen LogP contribution in [0.25, 0.3) is 22.3 Å². The number of phenolic OH excluding ortho intramolecular Hbond substituents is 1. The molecule has 3 aromatic rings. The Kier molecular flexibility index (Phi) is 3.59. The number of hydrogen-bond donors (Lipinski definition) is 1. The maximum atomic E-state index is 10.2. The minimum atomic E-state index is 0.237. The van der Waals surface area contributed by atoms with E-state index in [9.17, 15) is 5.11 Å². The van der Waals surface area contributed by atoms with E-state index in [-0.39, 0.29) is 12.5 Å². The summed E-state index contributed by atoms with van der Waals surface area (Å²) >= 11 is 0. The van der Waals surface area contributed by atoms with Gasteiger partial charge < -0.3 is 9.67 Å². The van der Waals surface area contributed by atoms with Crippen LogP contribution in [0.1, 0.15) is 49.8 Å². The van der Waals surface area contributed by atoms with Gasteiger partial charge in [0.05, 0.1) is 11.2 Å². The van der Waals surface area contributed by atoms with Gasteiger partial charge in [-0.2, -0.15) is 0 Å². The zero-order valence-corrected chi connectivity index (χ0v) is 16.4. The number of hydrogen-bond acceptors (Lipinski definition) is 4. The fourth-order valence-corrected chi connectivity index (χ4v) is 5.83. The van der Waals surface area contributed by atoms with E-state index in [1.807, 2.05) is 18.2 Å². The van der Waals surface area contributed by atoms with E-state index in [0.717, 1.165) is 34.9 Å². The number of nitriles is 1. The Balaban J connectivity index is 1.39. The van der Waals surface area contributed by atoms with Gasteiger partial charge in [0.25, 0.3) is 6.71 Å². The first kappa shape index (κ1) is 17.1. The second kappa shape index (κ2) is 6.09. The lowest BCUT2D eigenvalue weighted by molar-refractivity contribution is 0.119. The monoisotopic (exact) mass is 382 g/mol. The molecular formula is C23H23BN4O. The van der Waals surface area contributed by atoms with Gasteiger partial charge in [0.15, 0.2) is 0 Å². The summed E-state index contributed by atoms with van der Waals surface area (Å²) in [7, 11) is 0. The van der Waals surface area contributed by atoms with Crippen LogP contribution >= 0.6 is 0 Å². The summed E-state index contributed by atoms with van der Waals surface area (Å²) in [4.78, 5) is 0. The van der Waals surface area contributed by atoms with Crippen molar-refractivity contribution in [2.24, 2.45) is 5.41 Å². The van der Waals surface area contributed by atoms with Gasteiger partial charge in [0.2, 0.25) is 0 Å². The summed E-state index contributed by atoms with van der Waals surface area (Å²) in [5.74, 6) is 3.24. The zero-order chi connectivity index (χ0) is 19.6. The van der Waals surface area contributed by atoms with Gasteiger partial charge in [0, 0.05) is 29.2 Å². The highest BCUT2D eigenvalue weighted by molar-refractivity contribution is 6.70. The molecule has 0 radical (unpaired) electrons. The fraction of sp³-hybridized carbons (Fsp3) is 0.435. The van der Waals surface area contributed by atoms with E-state index in [1.165, 1.54) is 37.8 Å². The Bertz CT molecular complexity index is 1150. The molecule has 1 N–H and O–H groups in total. The van der Waals surface area contributed by atoms with Crippen molar-refractivity contribution in [1.82, 2.24) is 14.8 Å². The highest BCUT2D eigenvalue weighted by atomic mass is 16.3. The third kappa shape index (κ3) is 2.53. The molecule has 29 heavy (non-hydrogen) atoms. The molecule has 2 aromatic heterocycles. The van der Waals surface area contributed by atoms with Crippen LogP contribution in [0.15, 0.2) is 36.4 Å². The summed E-state index contributed by atoms with van der Waals surface area (Å²) in [5.41, 5.74) is 5.38. The predicted molar refractivity (Wildman–Crippen MR) is 113 cm³/mol. The molecule has 3 heterocycles. The van der Waals surface area contributed by atoms with Crippen molar-refractivity contribution < 1.29 is 5.11 Å². The molecular weight excluding hydrogens is 359 g/mol. The van der Waals surface area contributed by atoms with Gasteiger partial charge in [-0.05, 0) is 61.8 Å². The molecule has 0 atom stereocenters. The van der Waals surface area contributed by atoms with Crippen LogP contribution in [0.2, 0.25) is 12.6 Å². The molecule has 0 unspecified atom stereocenters. The third-order valence-corrected chi connectivity index (χ3v) is 7.56. The molecule has 1 spiro atoms. The molecule has 5 nitrogen and oxygen atoms in total. The third-order valence-electron chi connectivity index (χ3n) is 7.56. The molecule has 0 amide bonds. The van der Waals surface area contributed by atoms with Crippen molar-refractivity contribution in [3.05, 3.63) is 42.1 Å². The maximum Gasteiger partial charge on any atom is 0.268 e. The normalized spacial score (nSPS) is 20.9. The standard InChI is InChI=1S/C23H23BN4O/c25-14-24-12-23(13-24)10-15(11-23)20-9-19-21(28(20)16-4-3-5-16)8-18(26-27-19)17-6-1-2-7-22(17)29/h1-2,6-9,15-16,29H,3-5,10-13H2. The minimum absolute atomic E-state index is 0.237. The number of para-hydroxylation sites is 1. The average molecular weight is 382 g/mol. The molecule has 3 fully saturated rings. The lowest BCUT2D eigenvalue weighted by atomic mass is 9.23. The van der Waals surface area contributed by atoms with Crippen LogP contribution in [0, 0.1) is 16.6 Å². The summed E-state index contributed by atoms with van der Waals surface area (Å²) < 4.78 is 2.52. The molecule has 1 aromatic carbocycles. The molecule has 144 valence electrons. The number of nitrogens with zero attached hydrogens (tertiary/aromatic N) is 4. The Morgan fingerprint density at radius 1 is 1.14 bits per heavy atom. The predicted octanol–water partition coefficient (Wildman–Crippen LogP) is 4.96. The van der Waals surface area contributed by atoms with Crippen molar-refractivity contribution in [2.75, 3.05) is 0 Å². The fourth-order valence-electron chi connectivity index (χ4n) is 5.83. The van der Waals surface area contributed by atoms with Crippen molar-refractivity contribution in [2.45, 2.75) is 56.7 Å². The number of fused-ring (bicyclic) bond motifs is 1. The first-order chi connectivity index (χ1) is 14.2. The van der Waals surface area contributed by atoms with Crippen LogP contribution in [0.3, 0.4) is 0 Å². The van der Waals surface area contributed by atoms with Crippen LogP contribution in [0.5, 0.6) is 5.75 Å². The highest BCUT2D eigenvalue weighted by Crippen LogP contribution is 2.63. The second-order valence-electron chi connectivity index (χ2n) is 9.38. The lowest BCUT2D eigenvalue weighted by Crippen LogP contribution is -2.50. The van der Waals surface area contributed by atoms with Gasteiger partial charge >= 0.3 is 0 Å². The van der Waals surface area contributed by atoms with Crippen LogP contribution in [-0.2, 0) is 0 Å². The van der Waals surface area contributed by atoms with Gasteiger partial charge in [-0.25, -0.2) is 5.26 Å². The van der Waals surface area contributed by atoms with Crippen LogP contribution < -0.4 is 0 Å². The maximum absolute atomic E-state index is 10.2. The minimum Gasteiger partial charge on any atom is -0.507 e. The first-order valence-corrected chi connectivity index (χ1v) is 10.7. The largest absolute Gasteiger partial charge is 0.507 e. The van der Waals surface area contributed by atoms with E-state index < -0.39 is 0 Å². The Morgan fingerprint density at radius 3 is 2.62 bits per heavy atom. The molecule has 2 saturated carbocycles. The zero-order valence-electron chi connectivity index (χ0n) is 16.4. The Morgan fingerprint density at radius 2 is 1.93 bits per heavy atom. The van der Waals surface area contributed by atoms with E-state index in [4.69, 9.17) is 5.26 Å². The van der Waals surface area contributed by atoms with E-state index in [1.54, 1.807) is 6.07 Å². The van der Waals surface area contributed by atoms with Crippen LogP contribution in [0.4, 0.5) is 0 Å². The lowest BCUT2D eigenvalue weighted by Gasteiger charge is -2.56. The number of aromatic hydroxyl groups is 1. The summed E-state index contributed by atoms with van der Waals surface area (Å²) in [6.07, 6.45) is 8.30. The number of phenols is 1. The summed E-state index contributed by atoms with van der Waals surface area (Å²) in [6.45, 7) is 0.278. The van der Waals surface area contributed by atoms with Gasteiger partial charge in [-0.3, -0.25) is 0 Å². The smallest absolute Gasteiger partial charge is 0.268 e. The number of aromatic nitrogens is 3. The van der Waals surface area contributed by atoms with Crippen molar-refractivity contribution >= 4 is 17.7 Å². The molecule has 2 aliphatic carbocycles. The van der Waals surface area contributed by atoms with E-state index in [2.05, 4.69) is 32.9 Å². The van der Waals surface area contributed by atoms with E-state index >= 15 is 0 Å². The average Bonchev–Trinajstić information content (AvgIpc) is 2.97. The van der Waals surface area contributed by atoms with Gasteiger partial charge in [0.1, 0.15) is 11.3 Å². The topological polar surface area (TPSA) is 74.7 Å². The summed E-state index contributed by atoms with van der Waals surface area (Å²) in [6, 6.07) is 12.2. The number of rotatable bonds is 3. The second-order valence-corrected chi connectivity index (χ2v) is 9.38. The Labute approximate surface area is 170 Å². The van der Waals surface area contributed by atoms with Gasteiger partial charge in [-0.1, -0.05) is 24.8 Å². The first-order valence-electron chi connectivity index (χ1n) is 10.7. The molecule has 3 aliphatic rings. The highest BCUT2D eigenvalue weighted by Gasteiger charge is 2.55.